The second-order valence-electron chi connectivity index (χ2n) is 24.1. The maximum absolute atomic E-state index is 12.3. The first kappa shape index (κ1) is 80.5. The SMILES string of the molecule is C.CCCCCCCCCCCCCCCCNC(=O)CCN(C)CCCCC.CCCCCCCCCCCCCCCCNC(=O)CCN(C)CCCN(C)CCC(=O)NCCCCCCCCCCCCCCCC. The normalized spacial score (nSPS) is 11.3. The molecule has 3 amide bonds. The van der Waals surface area contributed by atoms with E-state index in [1.165, 1.54) is 270 Å². The Bertz CT molecular complexity index is 1120. The van der Waals surface area contributed by atoms with Crippen molar-refractivity contribution >= 4 is 17.7 Å². The fraction of sp³-hybridized carbons (Fsp3) is 0.957. The number of hydrogen-bond donors (Lipinski definition) is 3. The zero-order valence-corrected chi connectivity index (χ0v) is 53.6. The van der Waals surface area contributed by atoms with E-state index < -0.39 is 0 Å². The van der Waals surface area contributed by atoms with Crippen LogP contribution in [0.5, 0.6) is 0 Å². The maximum Gasteiger partial charge on any atom is 0.221 e. The average molecular weight is 1110 g/mol. The van der Waals surface area contributed by atoms with E-state index in [1.807, 2.05) is 0 Å². The quantitative estimate of drug-likeness (QED) is 0.0525. The van der Waals surface area contributed by atoms with Crippen LogP contribution in [0.4, 0.5) is 0 Å². The fourth-order valence-electron chi connectivity index (χ4n) is 10.4. The van der Waals surface area contributed by atoms with Crippen molar-refractivity contribution in [2.45, 2.75) is 350 Å². The Labute approximate surface area is 490 Å². The lowest BCUT2D eigenvalue weighted by Crippen LogP contribution is -2.32. The summed E-state index contributed by atoms with van der Waals surface area (Å²) in [5.41, 5.74) is 0. The van der Waals surface area contributed by atoms with Gasteiger partial charge in [-0.1, -0.05) is 298 Å². The van der Waals surface area contributed by atoms with E-state index in [1.54, 1.807) is 0 Å². The first-order chi connectivity index (χ1) is 37.7. The predicted octanol–water partition coefficient (Wildman–Crippen LogP) is 18.9. The number of rotatable bonds is 62. The summed E-state index contributed by atoms with van der Waals surface area (Å²) in [5.74, 6) is 0.578. The molecule has 3 N–H and O–H groups in total. The lowest BCUT2D eigenvalue weighted by molar-refractivity contribution is -0.122. The number of amides is 3. The molecule has 0 saturated carbocycles. The molecule has 78 heavy (non-hydrogen) atoms. The molecular formula is C69H144N6O3. The Morgan fingerprint density at radius 3 is 0.603 bits per heavy atom. The van der Waals surface area contributed by atoms with Gasteiger partial charge in [0.2, 0.25) is 17.7 Å². The highest BCUT2D eigenvalue weighted by atomic mass is 16.2. The molecule has 0 fully saturated rings. The van der Waals surface area contributed by atoms with Crippen molar-refractivity contribution in [3.8, 4) is 0 Å². The van der Waals surface area contributed by atoms with Crippen LogP contribution in [0.2, 0.25) is 0 Å². The minimum Gasteiger partial charge on any atom is -0.356 e. The third-order valence-corrected chi connectivity index (χ3v) is 15.9. The van der Waals surface area contributed by atoms with Gasteiger partial charge in [0.1, 0.15) is 0 Å². The number of carbonyl (C=O) groups is 3. The number of nitrogens with zero attached hydrogens (tertiary/aromatic N) is 3. The monoisotopic (exact) mass is 1110 g/mol. The highest BCUT2D eigenvalue weighted by molar-refractivity contribution is 5.76. The van der Waals surface area contributed by atoms with Gasteiger partial charge in [-0.05, 0) is 72.9 Å². The van der Waals surface area contributed by atoms with Gasteiger partial charge in [-0.25, -0.2) is 0 Å². The summed E-state index contributed by atoms with van der Waals surface area (Å²) in [4.78, 5) is 43.2. The molecule has 0 aliphatic rings. The maximum atomic E-state index is 12.3. The summed E-state index contributed by atoms with van der Waals surface area (Å²) in [7, 11) is 6.33. The van der Waals surface area contributed by atoms with Crippen LogP contribution < -0.4 is 16.0 Å². The largest absolute Gasteiger partial charge is 0.356 e. The molecule has 0 radical (unpaired) electrons. The third kappa shape index (κ3) is 70.4. The van der Waals surface area contributed by atoms with E-state index in [0.717, 1.165) is 84.6 Å². The van der Waals surface area contributed by atoms with Crippen molar-refractivity contribution in [3.05, 3.63) is 0 Å². The first-order valence-corrected chi connectivity index (χ1v) is 34.6. The third-order valence-electron chi connectivity index (χ3n) is 15.9. The Balaban J connectivity index is -0.00000165. The Morgan fingerprint density at radius 1 is 0.231 bits per heavy atom. The number of hydrogen-bond acceptors (Lipinski definition) is 6. The van der Waals surface area contributed by atoms with E-state index in [9.17, 15) is 14.4 Å². The molecule has 0 spiro atoms. The summed E-state index contributed by atoms with van der Waals surface area (Å²) < 4.78 is 0. The molecule has 0 heterocycles. The van der Waals surface area contributed by atoms with Gasteiger partial charge in [0.15, 0.2) is 0 Å². The van der Waals surface area contributed by atoms with Crippen molar-refractivity contribution in [2.24, 2.45) is 0 Å². The summed E-state index contributed by atoms with van der Waals surface area (Å²) >= 11 is 0. The van der Waals surface area contributed by atoms with Crippen LogP contribution in [0.3, 0.4) is 0 Å². The molecule has 468 valence electrons. The molecule has 0 rings (SSSR count). The van der Waals surface area contributed by atoms with Crippen molar-refractivity contribution in [2.75, 3.05) is 80.0 Å². The van der Waals surface area contributed by atoms with Crippen molar-refractivity contribution in [3.63, 3.8) is 0 Å². The molecule has 9 nitrogen and oxygen atoms in total. The molecule has 0 aromatic heterocycles. The standard InChI is InChI=1S/C43H88N4O2.C25H52N2O.CH4/c1-5-7-9-11-13-15-17-19-21-23-25-27-29-31-36-44-42(48)34-40-46(3)38-33-39-47(4)41-35-43(49)45-37-32-30-28-26-24-22-20-18-16-14-12-10-8-6-2;1-4-6-8-9-10-11-12-13-14-15-16-17-18-19-22-26-25(28)21-24-27(3)23-20-7-5-2;/h5-41H2,1-4H3,(H,44,48)(H,45,49);4-24H2,1-3H3,(H,26,28);1H4. The zero-order chi connectivity index (χ0) is 56.6. The van der Waals surface area contributed by atoms with Gasteiger partial charge in [-0.3, -0.25) is 14.4 Å². The van der Waals surface area contributed by atoms with Crippen LogP contribution in [0.15, 0.2) is 0 Å². The van der Waals surface area contributed by atoms with Crippen LogP contribution in [-0.4, -0.2) is 112 Å². The molecule has 0 aromatic carbocycles. The fourth-order valence-corrected chi connectivity index (χ4v) is 10.4. The summed E-state index contributed by atoms with van der Waals surface area (Å²) in [6.07, 6.45) is 64.0. The topological polar surface area (TPSA) is 97.0 Å². The summed E-state index contributed by atoms with van der Waals surface area (Å²) in [6.45, 7) is 17.1. The van der Waals surface area contributed by atoms with Crippen molar-refractivity contribution < 1.29 is 14.4 Å². The Hall–Kier alpha value is -1.71. The van der Waals surface area contributed by atoms with Gasteiger partial charge in [-0.2, -0.15) is 0 Å². The second-order valence-corrected chi connectivity index (χ2v) is 24.1. The van der Waals surface area contributed by atoms with E-state index in [-0.39, 0.29) is 25.1 Å². The molecule has 9 heteroatoms. The Morgan fingerprint density at radius 2 is 0.397 bits per heavy atom. The second kappa shape index (κ2) is 69.6. The smallest absolute Gasteiger partial charge is 0.221 e. The minimum absolute atomic E-state index is 0. The lowest BCUT2D eigenvalue weighted by atomic mass is 10.0. The number of nitrogens with one attached hydrogen (secondary N) is 3. The van der Waals surface area contributed by atoms with Gasteiger partial charge in [0, 0.05) is 58.5 Å². The van der Waals surface area contributed by atoms with Crippen LogP contribution in [-0.2, 0) is 14.4 Å². The summed E-state index contributed by atoms with van der Waals surface area (Å²) in [5, 5.41) is 9.31. The highest BCUT2D eigenvalue weighted by Gasteiger charge is 2.08. The van der Waals surface area contributed by atoms with Crippen LogP contribution in [0, 0.1) is 0 Å². The van der Waals surface area contributed by atoms with Crippen LogP contribution in [0.25, 0.3) is 0 Å². The lowest BCUT2D eigenvalue weighted by Gasteiger charge is -2.20. The van der Waals surface area contributed by atoms with Crippen molar-refractivity contribution in [1.29, 1.82) is 0 Å². The average Bonchev–Trinajstić information content (AvgIpc) is 3.42. The van der Waals surface area contributed by atoms with Gasteiger partial charge in [-0.15, -0.1) is 0 Å². The first-order valence-electron chi connectivity index (χ1n) is 34.6. The molecule has 0 bridgehead atoms. The molecule has 0 aliphatic heterocycles. The number of unbranched alkanes of at least 4 members (excludes halogenated alkanes) is 41. The Kier molecular flexibility index (Phi) is 71.8. The minimum atomic E-state index is 0. The number of carbonyl (C=O) groups excluding carboxylic acids is 3. The highest BCUT2D eigenvalue weighted by Crippen LogP contribution is 2.16. The molecule has 0 unspecified atom stereocenters. The van der Waals surface area contributed by atoms with Crippen molar-refractivity contribution in [1.82, 2.24) is 30.7 Å². The van der Waals surface area contributed by atoms with E-state index >= 15 is 0 Å². The van der Waals surface area contributed by atoms with Crippen LogP contribution >= 0.6 is 0 Å². The van der Waals surface area contributed by atoms with E-state index in [2.05, 4.69) is 79.5 Å². The van der Waals surface area contributed by atoms with E-state index in [4.69, 9.17) is 0 Å². The van der Waals surface area contributed by atoms with Gasteiger partial charge >= 0.3 is 0 Å². The van der Waals surface area contributed by atoms with Gasteiger partial charge in [0.25, 0.3) is 0 Å². The van der Waals surface area contributed by atoms with Gasteiger partial charge < -0.3 is 30.7 Å². The molecular weight excluding hydrogens is 961 g/mol. The van der Waals surface area contributed by atoms with Crippen LogP contribution in [0.1, 0.15) is 350 Å². The zero-order valence-electron chi connectivity index (χ0n) is 53.6. The predicted molar refractivity (Wildman–Crippen MR) is 347 cm³/mol. The molecule has 0 aromatic rings. The molecule has 0 aliphatic carbocycles. The van der Waals surface area contributed by atoms with E-state index in [0.29, 0.717) is 19.3 Å². The van der Waals surface area contributed by atoms with Gasteiger partial charge in [0.05, 0.1) is 0 Å². The molecule has 0 atom stereocenters. The summed E-state index contributed by atoms with van der Waals surface area (Å²) in [6, 6.07) is 0. The molecule has 0 saturated heterocycles.